The number of ether oxygens (including phenoxy) is 5. The third-order valence-corrected chi connectivity index (χ3v) is 6.01. The Morgan fingerprint density at radius 2 is 1.53 bits per heavy atom. The molecule has 0 radical (unpaired) electrons. The van der Waals surface area contributed by atoms with Crippen molar-refractivity contribution in [3.05, 3.63) is 0 Å². The largest absolute Gasteiger partial charge is 0.394 e. The standard InChI is InChI=1S/C19H33NO14/c1-5(22)15-16(14(28)17(29)33-15)34-18-9(20-6(2)23)12(26)11(25)8(32-18)4-30-19-13(27)10(24)7(3-21)31-19/h5,7-19,21-22,24-29H,3-4H2,1-2H3,(H,20,23)/t5-,7+,8+,9+,10+,11+,12+,13-,14+,15+,16-,17?,18-,19-/m0/s1. The normalized spacial score (nSPS) is 48.1. The van der Waals surface area contributed by atoms with Crippen molar-refractivity contribution in [3.8, 4) is 0 Å². The van der Waals surface area contributed by atoms with E-state index in [1.54, 1.807) is 0 Å². The van der Waals surface area contributed by atoms with Gasteiger partial charge in [0.25, 0.3) is 0 Å². The molecule has 3 aliphatic heterocycles. The highest BCUT2D eigenvalue weighted by molar-refractivity contribution is 5.73. The van der Waals surface area contributed by atoms with Crippen LogP contribution in [-0.2, 0) is 28.5 Å². The minimum atomic E-state index is -1.67. The summed E-state index contributed by atoms with van der Waals surface area (Å²) in [5, 5.41) is 82.5. The Bertz CT molecular complexity index is 683. The van der Waals surface area contributed by atoms with E-state index in [1.807, 2.05) is 0 Å². The van der Waals surface area contributed by atoms with Gasteiger partial charge in [-0.1, -0.05) is 0 Å². The summed E-state index contributed by atoms with van der Waals surface area (Å²) in [4.78, 5) is 11.7. The van der Waals surface area contributed by atoms with Gasteiger partial charge in [0.05, 0.1) is 19.3 Å². The Morgan fingerprint density at radius 3 is 2.09 bits per heavy atom. The molecule has 3 aliphatic rings. The molecule has 198 valence electrons. The number of nitrogens with one attached hydrogen (secondary N) is 1. The molecule has 34 heavy (non-hydrogen) atoms. The fourth-order valence-electron chi connectivity index (χ4n) is 4.14. The minimum Gasteiger partial charge on any atom is -0.394 e. The number of rotatable bonds is 8. The second-order valence-corrected chi connectivity index (χ2v) is 8.61. The lowest BCUT2D eigenvalue weighted by Crippen LogP contribution is -2.66. The van der Waals surface area contributed by atoms with Gasteiger partial charge >= 0.3 is 0 Å². The summed E-state index contributed by atoms with van der Waals surface area (Å²) < 4.78 is 27.1. The molecule has 1 unspecified atom stereocenters. The second kappa shape index (κ2) is 11.3. The summed E-state index contributed by atoms with van der Waals surface area (Å²) in [6.07, 6.45) is -18.4. The summed E-state index contributed by atoms with van der Waals surface area (Å²) in [6, 6.07) is -1.32. The number of carbonyl (C=O) groups is 1. The average Bonchev–Trinajstić information content (AvgIpc) is 3.22. The van der Waals surface area contributed by atoms with Crippen LogP contribution in [0.25, 0.3) is 0 Å². The topological polar surface area (TPSA) is 237 Å². The Balaban J connectivity index is 1.73. The molecule has 3 fully saturated rings. The summed E-state index contributed by atoms with van der Waals surface area (Å²) in [5.74, 6) is -0.593. The van der Waals surface area contributed by atoms with E-state index in [2.05, 4.69) is 5.32 Å². The zero-order chi connectivity index (χ0) is 25.3. The second-order valence-electron chi connectivity index (χ2n) is 8.61. The van der Waals surface area contributed by atoms with Gasteiger partial charge in [0.2, 0.25) is 5.91 Å². The first kappa shape index (κ1) is 27.5. The molecule has 0 saturated carbocycles. The lowest BCUT2D eigenvalue weighted by Gasteiger charge is -2.44. The van der Waals surface area contributed by atoms with Gasteiger partial charge in [-0.05, 0) is 6.92 Å². The van der Waals surface area contributed by atoms with E-state index >= 15 is 0 Å². The maximum atomic E-state index is 11.7. The maximum absolute atomic E-state index is 11.7. The number of amides is 1. The first-order valence-corrected chi connectivity index (χ1v) is 10.8. The molecule has 0 aromatic heterocycles. The number of carbonyl (C=O) groups excluding carboxylic acids is 1. The van der Waals surface area contributed by atoms with Crippen molar-refractivity contribution < 1.29 is 69.3 Å². The van der Waals surface area contributed by atoms with Crippen LogP contribution >= 0.6 is 0 Å². The highest BCUT2D eigenvalue weighted by atomic mass is 16.7. The van der Waals surface area contributed by atoms with Crippen molar-refractivity contribution >= 4 is 5.91 Å². The minimum absolute atomic E-state index is 0.482. The van der Waals surface area contributed by atoms with Crippen LogP contribution in [-0.4, -0.2) is 146 Å². The Hall–Kier alpha value is -1.05. The van der Waals surface area contributed by atoms with E-state index in [1.165, 1.54) is 6.92 Å². The summed E-state index contributed by atoms with van der Waals surface area (Å²) >= 11 is 0. The van der Waals surface area contributed by atoms with Crippen LogP contribution in [0.3, 0.4) is 0 Å². The molecule has 0 aliphatic carbocycles. The smallest absolute Gasteiger partial charge is 0.217 e. The molecule has 1 amide bonds. The fourth-order valence-corrected chi connectivity index (χ4v) is 4.14. The molecular weight excluding hydrogens is 466 g/mol. The van der Waals surface area contributed by atoms with Crippen LogP contribution < -0.4 is 5.32 Å². The van der Waals surface area contributed by atoms with Crippen LogP contribution in [0.2, 0.25) is 0 Å². The van der Waals surface area contributed by atoms with Crippen LogP contribution in [0.1, 0.15) is 13.8 Å². The van der Waals surface area contributed by atoms with E-state index in [-0.39, 0.29) is 0 Å². The Labute approximate surface area is 194 Å². The van der Waals surface area contributed by atoms with Crippen molar-refractivity contribution in [1.82, 2.24) is 5.32 Å². The molecule has 3 rings (SSSR count). The quantitative estimate of drug-likeness (QED) is 0.151. The SMILES string of the molecule is CC(=O)N[C@H]1[C@H](O[C@@H]2[C@@H]([C@H](C)O)OC(O)[C@@H]2O)O[C@H](CO[C@H]2O[C@H](CO)[C@@H](O)[C@@H]2O)[C@@H](O)[C@@H]1O. The van der Waals surface area contributed by atoms with E-state index in [4.69, 9.17) is 23.7 Å². The zero-order valence-corrected chi connectivity index (χ0v) is 18.5. The molecule has 0 spiro atoms. The van der Waals surface area contributed by atoms with Gasteiger partial charge in [-0.25, -0.2) is 0 Å². The molecule has 9 N–H and O–H groups in total. The number of aliphatic hydroxyl groups excluding tert-OH is 8. The van der Waals surface area contributed by atoms with Gasteiger partial charge in [0, 0.05) is 6.92 Å². The van der Waals surface area contributed by atoms with Gasteiger partial charge in [-0.15, -0.1) is 0 Å². The van der Waals surface area contributed by atoms with Gasteiger partial charge < -0.3 is 69.9 Å². The fraction of sp³-hybridized carbons (Fsp3) is 0.947. The van der Waals surface area contributed by atoms with Crippen LogP contribution in [0.4, 0.5) is 0 Å². The Kier molecular flexibility index (Phi) is 9.18. The summed E-state index contributed by atoms with van der Waals surface area (Å²) in [6.45, 7) is 1.44. The molecule has 0 bridgehead atoms. The predicted molar refractivity (Wildman–Crippen MR) is 105 cm³/mol. The van der Waals surface area contributed by atoms with Gasteiger partial charge in [-0.2, -0.15) is 0 Å². The van der Waals surface area contributed by atoms with Gasteiger partial charge in [0.1, 0.15) is 61.0 Å². The molecular formula is C19H33NO14. The van der Waals surface area contributed by atoms with Crippen molar-refractivity contribution in [2.45, 2.75) is 99.8 Å². The molecule has 0 aromatic carbocycles. The Morgan fingerprint density at radius 1 is 0.912 bits per heavy atom. The predicted octanol–water partition coefficient (Wildman–Crippen LogP) is -5.76. The third kappa shape index (κ3) is 5.67. The van der Waals surface area contributed by atoms with Gasteiger partial charge in [-0.3, -0.25) is 4.79 Å². The number of aliphatic hydroxyl groups is 8. The molecule has 15 nitrogen and oxygen atoms in total. The summed E-state index contributed by atoms with van der Waals surface area (Å²) in [7, 11) is 0. The van der Waals surface area contributed by atoms with E-state index in [0.717, 1.165) is 6.92 Å². The van der Waals surface area contributed by atoms with Crippen molar-refractivity contribution in [1.29, 1.82) is 0 Å². The third-order valence-electron chi connectivity index (χ3n) is 6.01. The lowest BCUT2D eigenvalue weighted by atomic mass is 9.96. The molecule has 14 atom stereocenters. The van der Waals surface area contributed by atoms with Crippen molar-refractivity contribution in [2.24, 2.45) is 0 Å². The summed E-state index contributed by atoms with van der Waals surface area (Å²) in [5.41, 5.74) is 0. The number of hydrogen-bond donors (Lipinski definition) is 9. The van der Waals surface area contributed by atoms with E-state index in [0.29, 0.717) is 0 Å². The van der Waals surface area contributed by atoms with Crippen LogP contribution in [0.5, 0.6) is 0 Å². The highest BCUT2D eigenvalue weighted by Gasteiger charge is 2.52. The lowest BCUT2D eigenvalue weighted by molar-refractivity contribution is -0.301. The molecule has 3 saturated heterocycles. The van der Waals surface area contributed by atoms with Gasteiger partial charge in [0.15, 0.2) is 18.9 Å². The highest BCUT2D eigenvalue weighted by Crippen LogP contribution is 2.31. The van der Waals surface area contributed by atoms with Crippen molar-refractivity contribution in [2.75, 3.05) is 13.2 Å². The number of hydrogen-bond acceptors (Lipinski definition) is 14. The zero-order valence-electron chi connectivity index (χ0n) is 18.5. The van der Waals surface area contributed by atoms with Crippen LogP contribution in [0.15, 0.2) is 0 Å². The van der Waals surface area contributed by atoms with Crippen molar-refractivity contribution in [3.63, 3.8) is 0 Å². The van der Waals surface area contributed by atoms with E-state index < -0.39 is 105 Å². The van der Waals surface area contributed by atoms with E-state index in [9.17, 15) is 45.6 Å². The van der Waals surface area contributed by atoms with Crippen LogP contribution in [0, 0.1) is 0 Å². The average molecular weight is 499 g/mol. The maximum Gasteiger partial charge on any atom is 0.217 e. The first-order chi connectivity index (χ1) is 16.0. The molecule has 3 heterocycles. The first-order valence-electron chi connectivity index (χ1n) is 10.8. The monoisotopic (exact) mass is 499 g/mol. The molecule has 15 heteroatoms. The molecule has 0 aromatic rings.